The number of rotatable bonds is 6. The van der Waals surface area contributed by atoms with Crippen molar-refractivity contribution in [3.05, 3.63) is 58.3 Å². The largest absolute Gasteiger partial charge is 0.491 e. The van der Waals surface area contributed by atoms with Gasteiger partial charge in [0, 0.05) is 27.7 Å². The molecule has 1 aromatic heterocycles. The summed E-state index contributed by atoms with van der Waals surface area (Å²) < 4.78 is 17.5. The molecule has 6 heteroatoms. The highest BCUT2D eigenvalue weighted by atomic mass is 16.7. The molecule has 3 N–H and O–H groups in total. The van der Waals surface area contributed by atoms with Gasteiger partial charge in [0.05, 0.1) is 17.7 Å². The first-order valence-corrected chi connectivity index (χ1v) is 12.2. The van der Waals surface area contributed by atoms with Crippen molar-refractivity contribution in [2.75, 3.05) is 18.9 Å². The topological polar surface area (TPSA) is 86.6 Å². The quantitative estimate of drug-likeness (QED) is 0.473. The summed E-state index contributed by atoms with van der Waals surface area (Å²) in [5.41, 5.74) is 12.2. The predicted molar refractivity (Wildman–Crippen MR) is 134 cm³/mol. The van der Waals surface area contributed by atoms with Crippen molar-refractivity contribution in [1.82, 2.24) is 4.98 Å². The van der Waals surface area contributed by atoms with Gasteiger partial charge in [0.15, 0.2) is 11.6 Å². The van der Waals surface area contributed by atoms with Gasteiger partial charge in [-0.2, -0.15) is 0 Å². The van der Waals surface area contributed by atoms with E-state index in [1.807, 2.05) is 44.2 Å². The molecule has 1 atom stereocenters. The number of hydrogen-bond acceptors (Lipinski definition) is 5. The summed E-state index contributed by atoms with van der Waals surface area (Å²) in [4.78, 5) is 17.3. The molecule has 0 unspecified atom stereocenters. The first-order valence-electron chi connectivity index (χ1n) is 12.2. The number of carbonyl (C=O) groups excluding carboxylic acids is 1. The number of nitrogens with two attached hydrogens (primary N) is 1. The van der Waals surface area contributed by atoms with Crippen molar-refractivity contribution in [3.63, 3.8) is 0 Å². The molecule has 1 fully saturated rings. The Bertz CT molecular complexity index is 1270. The fourth-order valence-corrected chi connectivity index (χ4v) is 5.30. The number of anilines is 1. The van der Waals surface area contributed by atoms with E-state index in [1.165, 1.54) is 0 Å². The number of H-pyrrole nitrogens is 1. The van der Waals surface area contributed by atoms with Crippen molar-refractivity contribution in [2.45, 2.75) is 71.2 Å². The molecule has 0 spiro atoms. The summed E-state index contributed by atoms with van der Waals surface area (Å²) in [6.45, 7) is 11.2. The summed E-state index contributed by atoms with van der Waals surface area (Å²) in [5, 5.41) is 0.959. The van der Waals surface area contributed by atoms with Gasteiger partial charge in [0.2, 0.25) is 0 Å². The predicted octanol–water partition coefficient (Wildman–Crippen LogP) is 5.49. The summed E-state index contributed by atoms with van der Waals surface area (Å²) >= 11 is 0. The molecule has 180 valence electrons. The Hall–Kier alpha value is -2.83. The normalized spacial score (nSPS) is 20.4. The van der Waals surface area contributed by atoms with Gasteiger partial charge in [-0.05, 0) is 62.1 Å². The Morgan fingerprint density at radius 1 is 1.18 bits per heavy atom. The van der Waals surface area contributed by atoms with Gasteiger partial charge in [-0.1, -0.05) is 33.3 Å². The van der Waals surface area contributed by atoms with Crippen molar-refractivity contribution in [2.24, 2.45) is 0 Å². The van der Waals surface area contributed by atoms with Crippen LogP contribution >= 0.6 is 0 Å². The summed E-state index contributed by atoms with van der Waals surface area (Å²) in [6, 6.07) is 9.68. The van der Waals surface area contributed by atoms with E-state index in [-0.39, 0.29) is 11.9 Å². The number of ketones is 1. The van der Waals surface area contributed by atoms with Gasteiger partial charge < -0.3 is 24.9 Å². The van der Waals surface area contributed by atoms with Gasteiger partial charge in [0.25, 0.3) is 0 Å². The molecule has 0 amide bonds. The Morgan fingerprint density at radius 2 is 1.97 bits per heavy atom. The van der Waals surface area contributed by atoms with Crippen LogP contribution in [0, 0.1) is 0 Å². The molecule has 1 aliphatic heterocycles. The average molecular weight is 463 g/mol. The lowest BCUT2D eigenvalue weighted by atomic mass is 9.71. The Labute approximate surface area is 200 Å². The molecule has 6 nitrogen and oxygen atoms in total. The molecule has 3 aromatic rings. The van der Waals surface area contributed by atoms with E-state index in [0.29, 0.717) is 13.2 Å². The van der Waals surface area contributed by atoms with E-state index >= 15 is 0 Å². The minimum atomic E-state index is -0.580. The van der Waals surface area contributed by atoms with Crippen LogP contribution in [0.5, 0.6) is 5.75 Å². The highest BCUT2D eigenvalue weighted by Gasteiger charge is 2.40. The number of nitrogen functional groups attached to an aromatic ring is 1. The number of hydrogen-bond donors (Lipinski definition) is 2. The Kier molecular flexibility index (Phi) is 5.49. The number of carbonyl (C=O) groups is 1. The van der Waals surface area contributed by atoms with E-state index in [2.05, 4.69) is 25.8 Å². The number of ether oxygens (including phenoxy) is 3. The van der Waals surface area contributed by atoms with Gasteiger partial charge >= 0.3 is 0 Å². The highest BCUT2D eigenvalue weighted by Crippen LogP contribution is 2.45. The third-order valence-corrected chi connectivity index (χ3v) is 7.16. The van der Waals surface area contributed by atoms with Gasteiger partial charge in [-0.15, -0.1) is 0 Å². The molecule has 2 aromatic carbocycles. The lowest BCUT2D eigenvalue weighted by Gasteiger charge is -2.32. The molecule has 34 heavy (non-hydrogen) atoms. The third kappa shape index (κ3) is 3.69. The van der Waals surface area contributed by atoms with E-state index < -0.39 is 11.2 Å². The number of aromatic nitrogens is 1. The maximum Gasteiger partial charge on any atom is 0.195 e. The lowest BCUT2D eigenvalue weighted by molar-refractivity contribution is -0.141. The molecule has 1 aliphatic carbocycles. The average Bonchev–Trinajstić information content (AvgIpc) is 3.36. The molecule has 2 heterocycles. The second-order valence-corrected chi connectivity index (χ2v) is 10.5. The first kappa shape index (κ1) is 22.9. The molecule has 0 saturated carbocycles. The second kappa shape index (κ2) is 8.14. The zero-order valence-corrected chi connectivity index (χ0v) is 20.7. The number of aryl methyl sites for hydroxylation is 1. The van der Waals surface area contributed by atoms with Crippen LogP contribution in [0.3, 0.4) is 0 Å². The molecular formula is C28H34N2O4. The second-order valence-electron chi connectivity index (χ2n) is 10.5. The Morgan fingerprint density at radius 3 is 2.68 bits per heavy atom. The maximum atomic E-state index is 13.7. The van der Waals surface area contributed by atoms with Crippen LogP contribution in [0.25, 0.3) is 10.9 Å². The summed E-state index contributed by atoms with van der Waals surface area (Å²) in [6.07, 6.45) is 2.92. The maximum absolute atomic E-state index is 13.7. The van der Waals surface area contributed by atoms with Crippen LogP contribution in [-0.2, 0) is 21.3 Å². The lowest BCUT2D eigenvalue weighted by Crippen LogP contribution is -2.30. The molecule has 1 saturated heterocycles. The van der Waals surface area contributed by atoms with Crippen molar-refractivity contribution >= 4 is 22.4 Å². The van der Waals surface area contributed by atoms with Gasteiger partial charge in [0.1, 0.15) is 18.5 Å². The first-order chi connectivity index (χ1) is 16.1. The number of unbranched alkanes of at least 4 members (excludes halogenated alkanes) is 1. The fraction of sp³-hybridized carbons (Fsp3) is 0.464. The number of benzene rings is 2. The smallest absolute Gasteiger partial charge is 0.195 e. The van der Waals surface area contributed by atoms with E-state index in [1.54, 1.807) is 0 Å². The molecule has 5 rings (SSSR count). The van der Waals surface area contributed by atoms with E-state index in [0.717, 1.165) is 69.6 Å². The Balaban J connectivity index is 1.51. The molecular weight excluding hydrogens is 428 g/mol. The standard InChI is InChI=1S/C28H34N2O4/c1-6-7-8-19-22(29)12-11-20-23-25(31)18-10-9-16(32-14-17-15-33-28(4,5)34-17)13-21(18)27(2,3)26(23)30-24(19)20/h9-13,17,30H,6-8,14-15,29H2,1-5H3/t17-/m0/s1. The number of aromatic amines is 1. The zero-order chi connectivity index (χ0) is 24.3. The summed E-state index contributed by atoms with van der Waals surface area (Å²) in [7, 11) is 0. The highest BCUT2D eigenvalue weighted by molar-refractivity contribution is 6.20. The van der Waals surface area contributed by atoms with E-state index in [4.69, 9.17) is 19.9 Å². The van der Waals surface area contributed by atoms with Crippen LogP contribution in [0.1, 0.15) is 80.2 Å². The zero-order valence-electron chi connectivity index (χ0n) is 20.7. The van der Waals surface area contributed by atoms with Gasteiger partial charge in [-0.3, -0.25) is 4.79 Å². The number of fused-ring (bicyclic) bond motifs is 4. The van der Waals surface area contributed by atoms with Crippen LogP contribution < -0.4 is 10.5 Å². The van der Waals surface area contributed by atoms with Crippen LogP contribution in [0.4, 0.5) is 5.69 Å². The fourth-order valence-electron chi connectivity index (χ4n) is 5.30. The monoisotopic (exact) mass is 462 g/mol. The SMILES string of the molecule is CCCCc1c(N)ccc2c3c([nH]c12)C(C)(C)c1cc(OC[C@H]2COC(C)(C)O2)ccc1C3=O. The molecule has 2 aliphatic rings. The minimum absolute atomic E-state index is 0.0441. The molecule has 0 radical (unpaired) electrons. The summed E-state index contributed by atoms with van der Waals surface area (Å²) in [5.74, 6) is 0.187. The van der Waals surface area contributed by atoms with Crippen molar-refractivity contribution < 1.29 is 19.0 Å². The van der Waals surface area contributed by atoms with Crippen LogP contribution in [0.2, 0.25) is 0 Å². The van der Waals surface area contributed by atoms with Crippen molar-refractivity contribution in [1.29, 1.82) is 0 Å². The van der Waals surface area contributed by atoms with Crippen molar-refractivity contribution in [3.8, 4) is 5.75 Å². The molecule has 0 bridgehead atoms. The van der Waals surface area contributed by atoms with Gasteiger partial charge in [-0.25, -0.2) is 0 Å². The van der Waals surface area contributed by atoms with Crippen LogP contribution in [-0.4, -0.2) is 35.9 Å². The third-order valence-electron chi connectivity index (χ3n) is 7.16. The van der Waals surface area contributed by atoms with E-state index in [9.17, 15) is 4.79 Å². The van der Waals surface area contributed by atoms with Crippen LogP contribution in [0.15, 0.2) is 30.3 Å². The minimum Gasteiger partial charge on any atom is -0.491 e. The number of nitrogens with one attached hydrogen (secondary N) is 1.